The van der Waals surface area contributed by atoms with Gasteiger partial charge in [-0.05, 0) is 68.1 Å². The topological polar surface area (TPSA) is 0 Å². The first-order chi connectivity index (χ1) is 14.2. The molecule has 1 aliphatic carbocycles. The van der Waals surface area contributed by atoms with Gasteiger partial charge in [-0.15, -0.1) is 6.58 Å². The van der Waals surface area contributed by atoms with Crippen molar-refractivity contribution in [3.05, 3.63) is 31.2 Å². The molecule has 6 atom stereocenters. The van der Waals surface area contributed by atoms with Gasteiger partial charge in [0.15, 0.2) is 0 Å². The molecule has 0 aromatic rings. The van der Waals surface area contributed by atoms with Crippen molar-refractivity contribution in [1.82, 2.24) is 0 Å². The minimum Gasteiger partial charge on any atom is -0.337 e. The van der Waals surface area contributed by atoms with Crippen LogP contribution < -0.4 is 0 Å². The van der Waals surface area contributed by atoms with Crippen molar-refractivity contribution < 1.29 is 32.7 Å². The third-order valence-corrected chi connectivity index (χ3v) is 9.01. The maximum Gasteiger partial charge on any atom is 0 e. The fourth-order valence-corrected chi connectivity index (χ4v) is 6.48. The van der Waals surface area contributed by atoms with Gasteiger partial charge >= 0.3 is 0 Å². The minimum atomic E-state index is 0. The van der Waals surface area contributed by atoms with Gasteiger partial charge in [0, 0.05) is 32.7 Å². The smallest absolute Gasteiger partial charge is 0 e. The van der Waals surface area contributed by atoms with Crippen LogP contribution in [0.1, 0.15) is 128 Å². The SMILES string of the molecule is C=C(C)CC.[CH2-]C(C)(C)C1CCC(C(C)(CC)C(CC)CC(C)C=CC)CC1(C)CC.[Y]. The molecule has 0 aromatic carbocycles. The molecule has 0 aromatic heterocycles. The van der Waals surface area contributed by atoms with E-state index >= 15 is 0 Å². The molecule has 1 heteroatoms. The van der Waals surface area contributed by atoms with Crippen LogP contribution in [0.5, 0.6) is 0 Å². The Labute approximate surface area is 230 Å². The first kappa shape index (κ1) is 34.7. The standard InChI is InChI=1S/C26H49.C5H10.Y/c1-11-15-20(5)18-21(12-2)26(10,14-4)22-16-17-23(24(6,7)8)25(9,13-3)19-22;1-4-5(2)3;/h11,15,20-23H,6,12-14,16-19H2,1-5,7-10H3;2,4H2,1,3H3;/q-1;;. The Morgan fingerprint density at radius 1 is 1.16 bits per heavy atom. The molecule has 187 valence electrons. The van der Waals surface area contributed by atoms with Gasteiger partial charge in [0.2, 0.25) is 0 Å². The third-order valence-electron chi connectivity index (χ3n) is 9.01. The fourth-order valence-electron chi connectivity index (χ4n) is 6.48. The van der Waals surface area contributed by atoms with Crippen LogP contribution in [0.3, 0.4) is 0 Å². The van der Waals surface area contributed by atoms with Crippen LogP contribution in [0.2, 0.25) is 0 Å². The van der Waals surface area contributed by atoms with E-state index in [0.29, 0.717) is 16.7 Å². The molecule has 1 fully saturated rings. The van der Waals surface area contributed by atoms with Crippen LogP contribution in [0.25, 0.3) is 0 Å². The van der Waals surface area contributed by atoms with E-state index in [9.17, 15) is 0 Å². The van der Waals surface area contributed by atoms with Crippen molar-refractivity contribution in [3.8, 4) is 0 Å². The molecule has 32 heavy (non-hydrogen) atoms. The second-order valence-corrected chi connectivity index (χ2v) is 12.0. The van der Waals surface area contributed by atoms with Gasteiger partial charge in [0.1, 0.15) is 0 Å². The van der Waals surface area contributed by atoms with Crippen LogP contribution in [0.4, 0.5) is 0 Å². The Hall–Kier alpha value is 0.584. The van der Waals surface area contributed by atoms with Crippen LogP contribution in [-0.4, -0.2) is 0 Å². The number of allylic oxidation sites excluding steroid dienone is 3. The normalized spacial score (nSPS) is 27.5. The summed E-state index contributed by atoms with van der Waals surface area (Å²) >= 11 is 0. The summed E-state index contributed by atoms with van der Waals surface area (Å²) in [4.78, 5) is 0. The van der Waals surface area contributed by atoms with Gasteiger partial charge in [-0.1, -0.05) is 112 Å². The van der Waals surface area contributed by atoms with E-state index in [1.807, 2.05) is 6.92 Å². The molecule has 0 bridgehead atoms. The Morgan fingerprint density at radius 3 is 2.03 bits per heavy atom. The summed E-state index contributed by atoms with van der Waals surface area (Å²) in [5.41, 5.74) is 2.35. The molecule has 0 N–H and O–H groups in total. The first-order valence-corrected chi connectivity index (χ1v) is 13.4. The monoisotopic (exact) mass is 520 g/mol. The summed E-state index contributed by atoms with van der Waals surface area (Å²) in [5, 5.41) is 0. The molecule has 0 saturated heterocycles. The number of hydrogen-bond acceptors (Lipinski definition) is 0. The molecule has 1 saturated carbocycles. The average molecular weight is 521 g/mol. The Bertz CT molecular complexity index is 539. The molecular weight excluding hydrogens is 461 g/mol. The van der Waals surface area contributed by atoms with E-state index in [2.05, 4.69) is 94.9 Å². The van der Waals surface area contributed by atoms with E-state index in [-0.39, 0.29) is 38.1 Å². The molecule has 1 rings (SSSR count). The Balaban J connectivity index is 0. The van der Waals surface area contributed by atoms with Crippen molar-refractivity contribution in [3.63, 3.8) is 0 Å². The summed E-state index contributed by atoms with van der Waals surface area (Å²) in [6, 6.07) is 0. The number of rotatable bonds is 10. The second kappa shape index (κ2) is 15.6. The molecule has 0 spiro atoms. The summed E-state index contributed by atoms with van der Waals surface area (Å²) in [6.07, 6.45) is 15.2. The molecule has 1 aliphatic rings. The van der Waals surface area contributed by atoms with Crippen molar-refractivity contribution in [2.24, 2.45) is 39.9 Å². The predicted molar refractivity (Wildman–Crippen MR) is 144 cm³/mol. The van der Waals surface area contributed by atoms with Gasteiger partial charge in [0.25, 0.3) is 0 Å². The molecule has 0 nitrogen and oxygen atoms in total. The van der Waals surface area contributed by atoms with Crippen molar-refractivity contribution >= 4 is 0 Å². The van der Waals surface area contributed by atoms with Crippen LogP contribution in [-0.2, 0) is 32.7 Å². The zero-order valence-corrected chi connectivity index (χ0v) is 27.0. The number of hydrogen-bond donors (Lipinski definition) is 0. The minimum absolute atomic E-state index is 0. The quantitative estimate of drug-likeness (QED) is 0.198. The maximum atomic E-state index is 4.55. The van der Waals surface area contributed by atoms with Gasteiger partial charge in [0.05, 0.1) is 0 Å². The molecule has 1 radical (unpaired) electrons. The van der Waals surface area contributed by atoms with E-state index < -0.39 is 0 Å². The van der Waals surface area contributed by atoms with E-state index in [1.165, 1.54) is 50.5 Å². The van der Waals surface area contributed by atoms with E-state index in [1.54, 1.807) is 0 Å². The van der Waals surface area contributed by atoms with E-state index in [0.717, 1.165) is 24.2 Å². The summed E-state index contributed by atoms with van der Waals surface area (Å²) in [6.45, 7) is 34.1. The van der Waals surface area contributed by atoms with Gasteiger partial charge < -0.3 is 6.92 Å². The molecule has 0 aliphatic heterocycles. The summed E-state index contributed by atoms with van der Waals surface area (Å²) in [5.74, 6) is 3.14. The second-order valence-electron chi connectivity index (χ2n) is 12.0. The van der Waals surface area contributed by atoms with Crippen LogP contribution >= 0.6 is 0 Å². The van der Waals surface area contributed by atoms with Gasteiger partial charge in [-0.25, -0.2) is 0 Å². The Kier molecular flexibility index (Phi) is 16.9. The van der Waals surface area contributed by atoms with Crippen molar-refractivity contribution in [1.29, 1.82) is 0 Å². The third kappa shape index (κ3) is 10.1. The fraction of sp³-hybridized carbons (Fsp3) is 0.839. The predicted octanol–water partition coefficient (Wildman–Crippen LogP) is 10.7. The molecular formula is C31H59Y-. The first-order valence-electron chi connectivity index (χ1n) is 13.4. The zero-order chi connectivity index (χ0) is 24.5. The van der Waals surface area contributed by atoms with Crippen molar-refractivity contribution in [2.75, 3.05) is 0 Å². The summed E-state index contributed by atoms with van der Waals surface area (Å²) < 4.78 is 0. The van der Waals surface area contributed by atoms with Gasteiger partial charge in [-0.3, -0.25) is 0 Å². The molecule has 6 unspecified atom stereocenters. The molecule has 0 heterocycles. The largest absolute Gasteiger partial charge is 0.337 e. The van der Waals surface area contributed by atoms with Crippen LogP contribution in [0.15, 0.2) is 24.3 Å². The molecule has 0 amide bonds. The zero-order valence-electron chi connectivity index (χ0n) is 24.1. The van der Waals surface area contributed by atoms with Crippen LogP contribution in [0, 0.1) is 46.8 Å². The Morgan fingerprint density at radius 2 is 1.69 bits per heavy atom. The van der Waals surface area contributed by atoms with E-state index in [4.69, 9.17) is 0 Å². The average Bonchev–Trinajstić information content (AvgIpc) is 2.70. The summed E-state index contributed by atoms with van der Waals surface area (Å²) in [7, 11) is 0. The van der Waals surface area contributed by atoms with Crippen molar-refractivity contribution in [2.45, 2.75) is 128 Å². The maximum absolute atomic E-state index is 4.55. The van der Waals surface area contributed by atoms with Gasteiger partial charge in [-0.2, -0.15) is 5.41 Å².